The minimum atomic E-state index is -4.71. The van der Waals surface area contributed by atoms with E-state index < -0.39 is 23.4 Å². The molecule has 0 spiro atoms. The average molecular weight is 402 g/mol. The summed E-state index contributed by atoms with van der Waals surface area (Å²) >= 11 is 0. The summed E-state index contributed by atoms with van der Waals surface area (Å²) in [4.78, 5) is 0. The Bertz CT molecular complexity index is 684. The molecule has 1 aromatic carbocycles. The van der Waals surface area contributed by atoms with E-state index in [0.717, 1.165) is 31.1 Å². The Morgan fingerprint density at radius 1 is 0.929 bits per heavy atom. The molecule has 0 nitrogen and oxygen atoms in total. The van der Waals surface area contributed by atoms with Gasteiger partial charge >= 0.3 is 6.18 Å². The van der Waals surface area contributed by atoms with E-state index in [1.54, 1.807) is 12.1 Å². The Morgan fingerprint density at radius 2 is 1.43 bits per heavy atom. The number of alkyl halides is 5. The molecule has 0 N–H and O–H groups in total. The lowest BCUT2D eigenvalue weighted by atomic mass is 9.51. The van der Waals surface area contributed by atoms with Crippen LogP contribution in [0.3, 0.4) is 0 Å². The standard InChI is InChI=1S/C21H33B2F5/c1-13(21(26,27)28)19(7,20(8,24)25)14-9-10-15(22)16(11-14)23-12-18(5,6)17(2,3)4/h9-11,13,23H,12,22H2,1-8H3. The van der Waals surface area contributed by atoms with Crippen LogP contribution in [0.25, 0.3) is 0 Å². The molecule has 28 heavy (non-hydrogen) atoms. The van der Waals surface area contributed by atoms with Crippen LogP contribution in [0, 0.1) is 16.7 Å². The highest BCUT2D eigenvalue weighted by molar-refractivity contribution is 6.60. The third-order valence-electron chi connectivity index (χ3n) is 7.27. The second-order valence-electron chi connectivity index (χ2n) is 10.1. The summed E-state index contributed by atoms with van der Waals surface area (Å²) in [6, 6.07) is 4.66. The fourth-order valence-corrected chi connectivity index (χ4v) is 3.30. The maximum absolute atomic E-state index is 14.5. The highest BCUT2D eigenvalue weighted by atomic mass is 19.4. The van der Waals surface area contributed by atoms with Crippen LogP contribution in [-0.4, -0.2) is 27.2 Å². The van der Waals surface area contributed by atoms with Crippen molar-refractivity contribution in [2.45, 2.75) is 79.2 Å². The van der Waals surface area contributed by atoms with Gasteiger partial charge in [-0.2, -0.15) is 13.2 Å². The van der Waals surface area contributed by atoms with Gasteiger partial charge in [0.2, 0.25) is 0 Å². The van der Waals surface area contributed by atoms with Gasteiger partial charge in [-0.3, -0.25) is 0 Å². The molecule has 0 aliphatic carbocycles. The molecule has 0 bridgehead atoms. The van der Waals surface area contributed by atoms with Gasteiger partial charge in [-0.15, -0.1) is 0 Å². The molecule has 158 valence electrons. The van der Waals surface area contributed by atoms with Gasteiger partial charge in [0.1, 0.15) is 7.85 Å². The van der Waals surface area contributed by atoms with E-state index >= 15 is 0 Å². The number of hydrogen-bond acceptors (Lipinski definition) is 0. The third kappa shape index (κ3) is 4.94. The SMILES string of the molecule is Bc1ccc(C(C)(C(C)C(F)(F)F)C(C)(F)F)cc1BCC(C)(C)C(C)(C)C. The van der Waals surface area contributed by atoms with Gasteiger partial charge in [0.05, 0.1) is 11.3 Å². The fraction of sp³-hybridized carbons (Fsp3) is 0.714. The molecule has 0 aliphatic heterocycles. The molecular weight excluding hydrogens is 369 g/mol. The fourth-order valence-electron chi connectivity index (χ4n) is 3.30. The Kier molecular flexibility index (Phi) is 6.87. The summed E-state index contributed by atoms with van der Waals surface area (Å²) in [6.07, 6.45) is -3.90. The molecule has 0 heterocycles. The lowest BCUT2D eigenvalue weighted by Gasteiger charge is -2.42. The lowest BCUT2D eigenvalue weighted by Crippen LogP contribution is -2.51. The Hall–Kier alpha value is -1.00. The van der Waals surface area contributed by atoms with Gasteiger partial charge in [0, 0.05) is 6.92 Å². The molecule has 2 atom stereocenters. The van der Waals surface area contributed by atoms with Crippen molar-refractivity contribution < 1.29 is 22.0 Å². The van der Waals surface area contributed by atoms with Gasteiger partial charge in [-0.1, -0.05) is 77.0 Å². The summed E-state index contributed by atoms with van der Waals surface area (Å²) in [5, 5.41) is 0. The van der Waals surface area contributed by atoms with Gasteiger partial charge in [0.15, 0.2) is 7.28 Å². The minimum Gasteiger partial charge on any atom is -0.206 e. The van der Waals surface area contributed by atoms with Crippen LogP contribution in [0.5, 0.6) is 0 Å². The molecule has 0 fully saturated rings. The van der Waals surface area contributed by atoms with Gasteiger partial charge in [0.25, 0.3) is 5.92 Å². The van der Waals surface area contributed by atoms with E-state index in [0.29, 0.717) is 14.2 Å². The molecule has 0 radical (unpaired) electrons. The van der Waals surface area contributed by atoms with Crippen LogP contribution in [0.2, 0.25) is 6.32 Å². The van der Waals surface area contributed by atoms with E-state index in [4.69, 9.17) is 0 Å². The largest absolute Gasteiger partial charge is 0.392 e. The molecule has 0 aromatic heterocycles. The topological polar surface area (TPSA) is 0 Å². The molecule has 1 rings (SSSR count). The number of hydrogen-bond donors (Lipinski definition) is 0. The summed E-state index contributed by atoms with van der Waals surface area (Å²) in [5.41, 5.74) is -0.512. The Morgan fingerprint density at radius 3 is 1.82 bits per heavy atom. The first kappa shape index (κ1) is 25.0. The van der Waals surface area contributed by atoms with E-state index in [1.165, 1.54) is 6.07 Å². The number of halogens is 5. The molecule has 7 heteroatoms. The van der Waals surface area contributed by atoms with Gasteiger partial charge in [-0.25, -0.2) is 8.78 Å². The van der Waals surface area contributed by atoms with Crippen LogP contribution in [0.4, 0.5) is 22.0 Å². The summed E-state index contributed by atoms with van der Waals surface area (Å²) in [7, 11) is 2.51. The van der Waals surface area contributed by atoms with Crippen molar-refractivity contribution in [2.75, 3.05) is 0 Å². The zero-order chi connectivity index (χ0) is 22.3. The highest BCUT2D eigenvalue weighted by Gasteiger charge is 2.59. The number of rotatable bonds is 6. The molecule has 0 aliphatic rings. The van der Waals surface area contributed by atoms with Gasteiger partial charge < -0.3 is 0 Å². The van der Waals surface area contributed by atoms with E-state index in [1.807, 2.05) is 7.85 Å². The maximum Gasteiger partial charge on any atom is 0.392 e. The zero-order valence-corrected chi connectivity index (χ0v) is 18.6. The van der Waals surface area contributed by atoms with Crippen LogP contribution < -0.4 is 10.9 Å². The third-order valence-corrected chi connectivity index (χ3v) is 7.27. The van der Waals surface area contributed by atoms with E-state index in [-0.39, 0.29) is 16.4 Å². The van der Waals surface area contributed by atoms with E-state index in [9.17, 15) is 22.0 Å². The van der Waals surface area contributed by atoms with Crippen molar-refractivity contribution in [3.05, 3.63) is 23.8 Å². The first-order valence-electron chi connectivity index (χ1n) is 9.79. The normalized spacial score (nSPS) is 17.2. The van der Waals surface area contributed by atoms with Crippen molar-refractivity contribution in [3.8, 4) is 0 Å². The smallest absolute Gasteiger partial charge is 0.206 e. The second-order valence-corrected chi connectivity index (χ2v) is 10.1. The monoisotopic (exact) mass is 402 g/mol. The van der Waals surface area contributed by atoms with Crippen LogP contribution >= 0.6 is 0 Å². The van der Waals surface area contributed by atoms with Gasteiger partial charge in [-0.05, 0) is 23.3 Å². The summed E-state index contributed by atoms with van der Waals surface area (Å²) in [5.74, 6) is -5.71. The average Bonchev–Trinajstić information content (AvgIpc) is 2.49. The molecule has 0 saturated carbocycles. The molecular formula is C21H33B2F5. The zero-order valence-electron chi connectivity index (χ0n) is 18.6. The Balaban J connectivity index is 3.40. The predicted molar refractivity (Wildman–Crippen MR) is 113 cm³/mol. The summed E-state index contributed by atoms with van der Waals surface area (Å²) < 4.78 is 69.3. The predicted octanol–water partition coefficient (Wildman–Crippen LogP) is 4.61. The molecule has 0 amide bonds. The molecule has 1 aromatic rings. The minimum absolute atomic E-state index is 0.00724. The summed E-state index contributed by atoms with van der Waals surface area (Å²) in [6.45, 7) is 13.2. The first-order valence-corrected chi connectivity index (χ1v) is 9.79. The Labute approximate surface area is 168 Å². The van der Waals surface area contributed by atoms with Crippen LogP contribution in [0.1, 0.15) is 61.0 Å². The maximum atomic E-state index is 14.5. The van der Waals surface area contributed by atoms with Crippen LogP contribution in [-0.2, 0) is 5.41 Å². The first-order chi connectivity index (χ1) is 12.2. The second kappa shape index (κ2) is 7.68. The molecule has 0 saturated heterocycles. The van der Waals surface area contributed by atoms with E-state index in [2.05, 4.69) is 34.6 Å². The van der Waals surface area contributed by atoms with Crippen molar-refractivity contribution in [3.63, 3.8) is 0 Å². The van der Waals surface area contributed by atoms with Crippen molar-refractivity contribution in [2.24, 2.45) is 16.7 Å². The van der Waals surface area contributed by atoms with Crippen molar-refractivity contribution in [1.29, 1.82) is 0 Å². The lowest BCUT2D eigenvalue weighted by molar-refractivity contribution is -0.218. The van der Waals surface area contributed by atoms with Crippen molar-refractivity contribution in [1.82, 2.24) is 0 Å². The van der Waals surface area contributed by atoms with Crippen molar-refractivity contribution >= 4 is 26.1 Å². The molecule has 2 unspecified atom stereocenters. The highest BCUT2D eigenvalue weighted by Crippen LogP contribution is 2.50. The van der Waals surface area contributed by atoms with Crippen LogP contribution in [0.15, 0.2) is 18.2 Å². The number of benzene rings is 1. The quantitative estimate of drug-likeness (QED) is 0.482.